The summed E-state index contributed by atoms with van der Waals surface area (Å²) < 4.78 is 6.35. The number of hydrogen-bond donors (Lipinski definition) is 1. The molecule has 0 saturated carbocycles. The van der Waals surface area contributed by atoms with Crippen molar-refractivity contribution in [3.63, 3.8) is 0 Å². The van der Waals surface area contributed by atoms with Crippen LogP contribution in [0.2, 0.25) is 0 Å². The Balaban J connectivity index is 2.55. The van der Waals surface area contributed by atoms with E-state index < -0.39 is 0 Å². The molecule has 0 amide bonds. The van der Waals surface area contributed by atoms with Gasteiger partial charge in [-0.05, 0) is 6.07 Å². The second-order valence-electron chi connectivity index (χ2n) is 3.22. The minimum absolute atomic E-state index is 0.282. The lowest BCUT2D eigenvalue weighted by atomic mass is 10.3. The Hall–Kier alpha value is -2.30. The van der Waals surface area contributed by atoms with Gasteiger partial charge < -0.3 is 10.6 Å². The molecule has 0 aliphatic heterocycles. The normalized spacial score (nSPS) is 10.2. The first-order chi connectivity index (χ1) is 7.72. The summed E-state index contributed by atoms with van der Waals surface area (Å²) in [6, 6.07) is 4.67. The maximum absolute atomic E-state index is 11.3. The van der Waals surface area contributed by atoms with Crippen molar-refractivity contribution in [1.29, 1.82) is 0 Å². The number of nitrogens with two attached hydrogens (primary N) is 1. The summed E-state index contributed by atoms with van der Waals surface area (Å²) in [5.74, 6) is 6.16. The average Bonchev–Trinajstić information content (AvgIpc) is 2.31. The van der Waals surface area contributed by atoms with Crippen molar-refractivity contribution >= 4 is 11.0 Å². The molecule has 0 aromatic carbocycles. The summed E-state index contributed by atoms with van der Waals surface area (Å²) in [5.41, 5.74) is 0.900. The first-order valence-corrected chi connectivity index (χ1v) is 4.73. The second kappa shape index (κ2) is 4.06. The minimum Gasteiger partial charge on any atom is -0.488 e. The Morgan fingerprint density at radius 2 is 2.38 bits per heavy atom. The highest BCUT2D eigenvalue weighted by Crippen LogP contribution is 2.15. The van der Waals surface area contributed by atoms with E-state index in [2.05, 4.69) is 11.6 Å². The molecule has 0 aliphatic rings. The van der Waals surface area contributed by atoms with Crippen LogP contribution >= 0.6 is 0 Å². The van der Waals surface area contributed by atoms with E-state index in [1.54, 1.807) is 24.4 Å². The molecule has 2 aromatic rings. The van der Waals surface area contributed by atoms with Crippen LogP contribution in [0.5, 0.6) is 5.75 Å². The van der Waals surface area contributed by atoms with Crippen molar-refractivity contribution in [2.24, 2.45) is 0 Å². The van der Waals surface area contributed by atoms with Crippen LogP contribution in [0.4, 0.5) is 0 Å². The minimum atomic E-state index is -0.282. The largest absolute Gasteiger partial charge is 0.488 e. The highest BCUT2D eigenvalue weighted by Gasteiger charge is 2.02. The SMILES string of the molecule is C=CCOc1cnc2ccc(=O)n(N)c2c1. The third-order valence-corrected chi connectivity index (χ3v) is 2.12. The van der Waals surface area contributed by atoms with Crippen molar-refractivity contribution in [1.82, 2.24) is 9.66 Å². The zero-order chi connectivity index (χ0) is 11.5. The summed E-state index contributed by atoms with van der Waals surface area (Å²) in [6.07, 6.45) is 3.21. The van der Waals surface area contributed by atoms with Gasteiger partial charge in [-0.25, -0.2) is 4.68 Å². The van der Waals surface area contributed by atoms with Gasteiger partial charge in [-0.1, -0.05) is 12.7 Å². The topological polar surface area (TPSA) is 70.1 Å². The van der Waals surface area contributed by atoms with Gasteiger partial charge in [0.1, 0.15) is 12.4 Å². The Morgan fingerprint density at radius 3 is 3.12 bits per heavy atom. The van der Waals surface area contributed by atoms with Crippen molar-refractivity contribution in [3.05, 3.63) is 47.4 Å². The predicted octanol–water partition coefficient (Wildman–Crippen LogP) is 0.675. The van der Waals surface area contributed by atoms with Gasteiger partial charge in [-0.3, -0.25) is 9.78 Å². The van der Waals surface area contributed by atoms with Gasteiger partial charge in [0.2, 0.25) is 0 Å². The quantitative estimate of drug-likeness (QED) is 0.606. The highest BCUT2D eigenvalue weighted by atomic mass is 16.5. The van der Waals surface area contributed by atoms with Crippen molar-refractivity contribution < 1.29 is 4.74 Å². The molecule has 2 heterocycles. The maximum atomic E-state index is 11.3. The molecule has 82 valence electrons. The Bertz CT molecular complexity index is 589. The van der Waals surface area contributed by atoms with Crippen LogP contribution in [-0.4, -0.2) is 16.3 Å². The molecule has 16 heavy (non-hydrogen) atoms. The van der Waals surface area contributed by atoms with Crippen LogP contribution in [0, 0.1) is 0 Å². The third kappa shape index (κ3) is 1.75. The van der Waals surface area contributed by atoms with E-state index in [0.717, 1.165) is 4.68 Å². The fourth-order valence-electron chi connectivity index (χ4n) is 1.35. The molecule has 5 nitrogen and oxygen atoms in total. The van der Waals surface area contributed by atoms with E-state index in [1.807, 2.05) is 0 Å². The van der Waals surface area contributed by atoms with Gasteiger partial charge in [-0.15, -0.1) is 0 Å². The van der Waals surface area contributed by atoms with E-state index in [-0.39, 0.29) is 5.56 Å². The Labute approximate surface area is 91.8 Å². The second-order valence-corrected chi connectivity index (χ2v) is 3.22. The summed E-state index contributed by atoms with van der Waals surface area (Å²) in [7, 11) is 0. The fourth-order valence-corrected chi connectivity index (χ4v) is 1.35. The van der Waals surface area contributed by atoms with E-state index in [4.69, 9.17) is 10.6 Å². The highest BCUT2D eigenvalue weighted by molar-refractivity contribution is 5.75. The molecule has 0 fully saturated rings. The van der Waals surface area contributed by atoms with Crippen LogP contribution in [0.25, 0.3) is 11.0 Å². The number of nitrogens with zero attached hydrogens (tertiary/aromatic N) is 2. The van der Waals surface area contributed by atoms with Gasteiger partial charge in [0.25, 0.3) is 5.56 Å². The molecule has 0 atom stereocenters. The summed E-state index contributed by atoms with van der Waals surface area (Å²) in [4.78, 5) is 15.4. The molecular formula is C11H11N3O2. The van der Waals surface area contributed by atoms with Gasteiger partial charge >= 0.3 is 0 Å². The van der Waals surface area contributed by atoms with Gasteiger partial charge in [0, 0.05) is 12.1 Å². The number of fused-ring (bicyclic) bond motifs is 1. The predicted molar refractivity (Wildman–Crippen MR) is 61.8 cm³/mol. The number of pyridine rings is 2. The summed E-state index contributed by atoms with van der Waals surface area (Å²) in [6.45, 7) is 3.93. The number of nitrogen functional groups attached to an aromatic ring is 1. The Kier molecular flexibility index (Phi) is 2.59. The van der Waals surface area contributed by atoms with Gasteiger partial charge in [-0.2, -0.15) is 0 Å². The lowest BCUT2D eigenvalue weighted by molar-refractivity contribution is 0.362. The first kappa shape index (κ1) is 10.2. The first-order valence-electron chi connectivity index (χ1n) is 4.73. The summed E-state index contributed by atoms with van der Waals surface area (Å²) >= 11 is 0. The van der Waals surface area contributed by atoms with E-state index >= 15 is 0 Å². The summed E-state index contributed by atoms with van der Waals surface area (Å²) in [5, 5.41) is 0. The zero-order valence-electron chi connectivity index (χ0n) is 8.59. The van der Waals surface area contributed by atoms with Crippen molar-refractivity contribution in [3.8, 4) is 5.75 Å². The van der Waals surface area contributed by atoms with Crippen LogP contribution in [0.3, 0.4) is 0 Å². The van der Waals surface area contributed by atoms with Crippen molar-refractivity contribution in [2.75, 3.05) is 12.4 Å². The monoisotopic (exact) mass is 217 g/mol. The molecule has 2 N–H and O–H groups in total. The van der Waals surface area contributed by atoms with Crippen LogP contribution in [-0.2, 0) is 0 Å². The average molecular weight is 217 g/mol. The lowest BCUT2D eigenvalue weighted by Gasteiger charge is -2.06. The number of hydrogen-bond acceptors (Lipinski definition) is 4. The lowest BCUT2D eigenvalue weighted by Crippen LogP contribution is -2.26. The van der Waals surface area contributed by atoms with E-state index in [9.17, 15) is 4.79 Å². The van der Waals surface area contributed by atoms with Gasteiger partial charge in [0.05, 0.1) is 17.2 Å². The molecule has 5 heteroatoms. The zero-order valence-corrected chi connectivity index (χ0v) is 8.59. The van der Waals surface area contributed by atoms with Crippen molar-refractivity contribution in [2.45, 2.75) is 0 Å². The molecule has 0 unspecified atom stereocenters. The number of rotatable bonds is 3. The molecule has 2 rings (SSSR count). The fraction of sp³-hybridized carbons (Fsp3) is 0.0909. The molecule has 0 spiro atoms. The molecule has 0 radical (unpaired) electrons. The van der Waals surface area contributed by atoms with Crippen LogP contribution in [0.15, 0.2) is 41.8 Å². The molecule has 0 saturated heterocycles. The van der Waals surface area contributed by atoms with Crippen LogP contribution in [0.1, 0.15) is 0 Å². The molecular weight excluding hydrogens is 206 g/mol. The van der Waals surface area contributed by atoms with E-state index in [0.29, 0.717) is 23.4 Å². The molecule has 0 aliphatic carbocycles. The molecule has 2 aromatic heterocycles. The number of ether oxygens (including phenoxy) is 1. The number of aromatic nitrogens is 2. The maximum Gasteiger partial charge on any atom is 0.269 e. The Morgan fingerprint density at radius 1 is 1.56 bits per heavy atom. The smallest absolute Gasteiger partial charge is 0.269 e. The van der Waals surface area contributed by atoms with Gasteiger partial charge in [0.15, 0.2) is 0 Å². The van der Waals surface area contributed by atoms with Crippen LogP contribution < -0.4 is 16.1 Å². The standard InChI is InChI=1S/C11H11N3O2/c1-2-5-16-8-6-10-9(13-7-8)3-4-11(15)14(10)12/h2-4,6-7H,1,5,12H2. The molecule has 0 bridgehead atoms. The third-order valence-electron chi connectivity index (χ3n) is 2.12. The van der Waals surface area contributed by atoms with E-state index in [1.165, 1.54) is 6.07 Å².